The van der Waals surface area contributed by atoms with Crippen molar-refractivity contribution in [1.29, 1.82) is 0 Å². The van der Waals surface area contributed by atoms with Gasteiger partial charge in [-0.3, -0.25) is 9.59 Å². The topological polar surface area (TPSA) is 171 Å². The fraction of sp³-hybridized carbons (Fsp3) is 0.310. The van der Waals surface area contributed by atoms with Crippen LogP contribution in [0.25, 0.3) is 11.4 Å². The third-order valence-corrected chi connectivity index (χ3v) is 6.80. The number of tetrazole rings is 1. The summed E-state index contributed by atoms with van der Waals surface area (Å²) in [5.74, 6) is 0.191. The second kappa shape index (κ2) is 14.0. The van der Waals surface area contributed by atoms with Crippen LogP contribution < -0.4 is 10.6 Å². The SMILES string of the molecule is CCOC(=O)N1CCN(C(=O)[C@H](Cc2nn[nH]n2)NC(=O)c2cc(NCc3ccccc3)nc(-c3ccccc3)n2)CC1. The van der Waals surface area contributed by atoms with Crippen molar-refractivity contribution < 1.29 is 19.1 Å². The number of amides is 3. The van der Waals surface area contributed by atoms with E-state index in [0.29, 0.717) is 31.3 Å². The summed E-state index contributed by atoms with van der Waals surface area (Å²) in [5, 5.41) is 20.0. The van der Waals surface area contributed by atoms with Crippen molar-refractivity contribution in [1.82, 2.24) is 45.7 Å². The van der Waals surface area contributed by atoms with E-state index in [1.807, 2.05) is 60.7 Å². The van der Waals surface area contributed by atoms with E-state index in [1.165, 1.54) is 0 Å². The van der Waals surface area contributed by atoms with E-state index in [9.17, 15) is 14.4 Å². The Morgan fingerprint density at radius 2 is 1.65 bits per heavy atom. The summed E-state index contributed by atoms with van der Waals surface area (Å²) in [7, 11) is 0. The molecule has 3 heterocycles. The zero-order valence-electron chi connectivity index (χ0n) is 23.6. The van der Waals surface area contributed by atoms with Crippen LogP contribution in [0.1, 0.15) is 28.8 Å². The molecule has 0 aliphatic carbocycles. The molecule has 1 atom stereocenters. The van der Waals surface area contributed by atoms with Gasteiger partial charge < -0.3 is 25.2 Å². The third kappa shape index (κ3) is 7.67. The number of nitrogens with one attached hydrogen (secondary N) is 3. The maximum absolute atomic E-state index is 13.7. The van der Waals surface area contributed by atoms with Crippen LogP contribution in [0.5, 0.6) is 0 Å². The van der Waals surface area contributed by atoms with Gasteiger partial charge in [-0.15, -0.1) is 10.2 Å². The van der Waals surface area contributed by atoms with Crippen LogP contribution in [0.15, 0.2) is 66.7 Å². The second-order valence-electron chi connectivity index (χ2n) is 9.74. The Kier molecular flexibility index (Phi) is 9.46. The number of piperazine rings is 1. The van der Waals surface area contributed by atoms with E-state index in [0.717, 1.165) is 11.1 Å². The Morgan fingerprint density at radius 1 is 0.953 bits per heavy atom. The Hall–Kier alpha value is -5.40. The van der Waals surface area contributed by atoms with Gasteiger partial charge in [0.15, 0.2) is 11.6 Å². The van der Waals surface area contributed by atoms with E-state index in [-0.39, 0.29) is 43.5 Å². The minimum Gasteiger partial charge on any atom is -0.450 e. The molecule has 14 nitrogen and oxygen atoms in total. The van der Waals surface area contributed by atoms with Gasteiger partial charge in [-0.25, -0.2) is 14.8 Å². The molecule has 1 fully saturated rings. The summed E-state index contributed by atoms with van der Waals surface area (Å²) in [5.41, 5.74) is 1.86. The zero-order chi connectivity index (χ0) is 30.0. The molecule has 5 rings (SSSR count). The van der Waals surface area contributed by atoms with E-state index >= 15 is 0 Å². The lowest BCUT2D eigenvalue weighted by molar-refractivity contribution is -0.134. The van der Waals surface area contributed by atoms with Crippen LogP contribution >= 0.6 is 0 Å². The molecule has 0 radical (unpaired) electrons. The summed E-state index contributed by atoms with van der Waals surface area (Å²) in [6.45, 7) is 3.71. The number of ether oxygens (including phenoxy) is 1. The number of rotatable bonds is 10. The number of H-pyrrole nitrogens is 1. The maximum atomic E-state index is 13.7. The Morgan fingerprint density at radius 3 is 2.33 bits per heavy atom. The number of anilines is 1. The van der Waals surface area contributed by atoms with Crippen molar-refractivity contribution in [3.8, 4) is 11.4 Å². The lowest BCUT2D eigenvalue weighted by Crippen LogP contribution is -2.56. The molecule has 43 heavy (non-hydrogen) atoms. The standard InChI is InChI=1S/C29H32N10O4/c1-2-43-29(42)39-15-13-38(14-16-39)28(41)23(18-25-34-36-37-35-25)32-27(40)22-17-24(30-19-20-9-5-3-6-10-20)33-26(31-22)21-11-7-4-8-12-21/h3-12,17,23H,2,13-16,18-19H2,1H3,(H,32,40)(H,30,31,33)(H,34,35,36,37)/t23-/m0/s1. The predicted molar refractivity (Wildman–Crippen MR) is 156 cm³/mol. The van der Waals surface area contributed by atoms with Crippen LogP contribution in [0.2, 0.25) is 0 Å². The number of hydrogen-bond donors (Lipinski definition) is 3. The second-order valence-corrected chi connectivity index (χ2v) is 9.74. The monoisotopic (exact) mass is 584 g/mol. The van der Waals surface area contributed by atoms with Gasteiger partial charge >= 0.3 is 6.09 Å². The lowest BCUT2D eigenvalue weighted by atomic mass is 10.1. The minimum absolute atomic E-state index is 0.00883. The summed E-state index contributed by atoms with van der Waals surface area (Å²) >= 11 is 0. The summed E-state index contributed by atoms with van der Waals surface area (Å²) in [6.07, 6.45) is -0.407. The van der Waals surface area contributed by atoms with Gasteiger partial charge in [0.25, 0.3) is 5.91 Å². The first-order chi connectivity index (χ1) is 21.0. The van der Waals surface area contributed by atoms with Gasteiger partial charge in [0.05, 0.1) is 6.61 Å². The van der Waals surface area contributed by atoms with E-state index in [1.54, 1.807) is 22.8 Å². The molecule has 0 spiro atoms. The molecule has 1 aliphatic heterocycles. The molecule has 0 unspecified atom stereocenters. The van der Waals surface area contributed by atoms with Gasteiger partial charge in [-0.05, 0) is 12.5 Å². The number of carbonyl (C=O) groups is 3. The molecular weight excluding hydrogens is 552 g/mol. The highest BCUT2D eigenvalue weighted by atomic mass is 16.6. The highest BCUT2D eigenvalue weighted by Crippen LogP contribution is 2.19. The van der Waals surface area contributed by atoms with E-state index in [4.69, 9.17) is 4.74 Å². The first kappa shape index (κ1) is 29.1. The summed E-state index contributed by atoms with van der Waals surface area (Å²) in [6, 6.07) is 19.7. The van der Waals surface area contributed by atoms with Crippen LogP contribution in [-0.2, 0) is 22.5 Å². The van der Waals surface area contributed by atoms with Crippen molar-refractivity contribution >= 4 is 23.7 Å². The van der Waals surface area contributed by atoms with E-state index < -0.39 is 18.0 Å². The van der Waals surface area contributed by atoms with Gasteiger partial charge in [-0.2, -0.15) is 5.21 Å². The smallest absolute Gasteiger partial charge is 0.409 e. The molecule has 2 aromatic carbocycles. The number of nitrogens with zero attached hydrogens (tertiary/aromatic N) is 7. The maximum Gasteiger partial charge on any atom is 0.409 e. The zero-order valence-corrected chi connectivity index (χ0v) is 23.6. The highest BCUT2D eigenvalue weighted by Gasteiger charge is 2.32. The quantitative estimate of drug-likeness (QED) is 0.250. The summed E-state index contributed by atoms with van der Waals surface area (Å²) < 4.78 is 5.07. The molecule has 3 amide bonds. The third-order valence-electron chi connectivity index (χ3n) is 6.80. The highest BCUT2D eigenvalue weighted by molar-refractivity contribution is 5.97. The van der Waals surface area contributed by atoms with Crippen molar-refractivity contribution in [2.45, 2.75) is 25.9 Å². The van der Waals surface area contributed by atoms with Crippen LogP contribution in [-0.4, -0.2) is 97.1 Å². The first-order valence-electron chi connectivity index (χ1n) is 14.0. The molecule has 1 saturated heterocycles. The molecule has 14 heteroatoms. The van der Waals surface area contributed by atoms with Crippen molar-refractivity contribution in [3.05, 3.63) is 83.8 Å². The number of benzene rings is 2. The van der Waals surface area contributed by atoms with Gasteiger partial charge in [-0.1, -0.05) is 65.9 Å². The molecule has 0 saturated carbocycles. The fourth-order valence-corrected chi connectivity index (χ4v) is 4.59. The largest absolute Gasteiger partial charge is 0.450 e. The number of hydrogen-bond acceptors (Lipinski definition) is 10. The predicted octanol–water partition coefficient (Wildman–Crippen LogP) is 1.91. The first-order valence-corrected chi connectivity index (χ1v) is 14.0. The van der Waals surface area contributed by atoms with Crippen LogP contribution in [0.3, 0.4) is 0 Å². The Labute approximate surface area is 247 Å². The van der Waals surface area contributed by atoms with E-state index in [2.05, 4.69) is 41.2 Å². The van der Waals surface area contributed by atoms with Crippen LogP contribution in [0, 0.1) is 0 Å². The number of aromatic amines is 1. The molecule has 4 aromatic rings. The average Bonchev–Trinajstić information content (AvgIpc) is 3.57. The van der Waals surface area contributed by atoms with Crippen LogP contribution in [0.4, 0.5) is 10.6 Å². The van der Waals surface area contributed by atoms with Gasteiger partial charge in [0.1, 0.15) is 17.6 Å². The number of aromatic nitrogens is 6. The normalized spacial score (nSPS) is 13.7. The average molecular weight is 585 g/mol. The molecule has 3 N–H and O–H groups in total. The fourth-order valence-electron chi connectivity index (χ4n) is 4.59. The minimum atomic E-state index is -1.00. The Bertz CT molecular complexity index is 1510. The molecule has 2 aromatic heterocycles. The van der Waals surface area contributed by atoms with Gasteiger partial charge in [0.2, 0.25) is 5.91 Å². The molecule has 1 aliphatic rings. The number of carbonyl (C=O) groups excluding carboxylic acids is 3. The lowest BCUT2D eigenvalue weighted by Gasteiger charge is -2.35. The molecular formula is C29H32N10O4. The Balaban J connectivity index is 1.36. The van der Waals surface area contributed by atoms with Crippen molar-refractivity contribution in [2.24, 2.45) is 0 Å². The molecule has 0 bridgehead atoms. The van der Waals surface area contributed by atoms with Crippen molar-refractivity contribution in [2.75, 3.05) is 38.1 Å². The van der Waals surface area contributed by atoms with Gasteiger partial charge in [0, 0.05) is 50.8 Å². The molecule has 222 valence electrons. The summed E-state index contributed by atoms with van der Waals surface area (Å²) in [4.78, 5) is 51.7. The van der Waals surface area contributed by atoms with Crippen molar-refractivity contribution in [3.63, 3.8) is 0 Å².